The average Bonchev–Trinajstić information content (AvgIpc) is 2.78. The van der Waals surface area contributed by atoms with Crippen molar-refractivity contribution in [3.63, 3.8) is 0 Å². The number of carbonyl (C=O) groups is 1. The zero-order valence-corrected chi connectivity index (χ0v) is 22.1. The highest BCUT2D eigenvalue weighted by Crippen LogP contribution is 2.25. The molecule has 3 aromatic rings. The molecule has 0 radical (unpaired) electrons. The first-order valence-corrected chi connectivity index (χ1v) is 13.0. The molecular formula is C29H35BrN2O2. The van der Waals surface area contributed by atoms with Crippen molar-refractivity contribution in [2.24, 2.45) is 0 Å². The van der Waals surface area contributed by atoms with E-state index in [1.807, 2.05) is 25.7 Å². The number of likely N-dealkylation sites (tertiary alicyclic amines) is 1. The maximum Gasteiger partial charge on any atom is 0.410 e. The molecule has 1 aliphatic rings. The molecule has 3 aromatic carbocycles. The number of benzene rings is 3. The van der Waals surface area contributed by atoms with Crippen LogP contribution in [-0.4, -0.2) is 40.6 Å². The van der Waals surface area contributed by atoms with Gasteiger partial charge in [-0.1, -0.05) is 70.5 Å². The standard InChI is InChI=1S/C29H35BrN2O2/c1-29(2,3)34-28(33)32-17-7-6-15-26(32)21-31(19-22-10-8-14-25(30)18-22)20-24-13-9-12-23-11-4-5-16-27(23)24/h4-5,8-14,16,18,26H,6-7,15,17,19-21H2,1-3H3. The summed E-state index contributed by atoms with van der Waals surface area (Å²) < 4.78 is 6.85. The van der Waals surface area contributed by atoms with E-state index >= 15 is 0 Å². The summed E-state index contributed by atoms with van der Waals surface area (Å²) in [6, 6.07) is 23.8. The average molecular weight is 524 g/mol. The molecule has 1 saturated heterocycles. The first-order chi connectivity index (χ1) is 16.3. The van der Waals surface area contributed by atoms with Gasteiger partial charge in [-0.05, 0) is 74.1 Å². The van der Waals surface area contributed by atoms with Gasteiger partial charge in [-0.15, -0.1) is 0 Å². The van der Waals surface area contributed by atoms with E-state index in [0.717, 1.165) is 49.9 Å². The summed E-state index contributed by atoms with van der Waals surface area (Å²) in [5.74, 6) is 0. The molecule has 4 rings (SSSR count). The number of nitrogens with zero attached hydrogens (tertiary/aromatic N) is 2. The molecule has 0 N–H and O–H groups in total. The third-order valence-corrected chi connectivity index (χ3v) is 6.79. The largest absolute Gasteiger partial charge is 0.444 e. The van der Waals surface area contributed by atoms with Crippen molar-refractivity contribution in [3.8, 4) is 0 Å². The first kappa shape index (κ1) is 24.7. The van der Waals surface area contributed by atoms with Crippen LogP contribution >= 0.6 is 15.9 Å². The Labute approximate surface area is 212 Å². The lowest BCUT2D eigenvalue weighted by molar-refractivity contribution is 0.00428. The number of halogens is 1. The van der Waals surface area contributed by atoms with Crippen LogP contribution in [0.4, 0.5) is 4.79 Å². The van der Waals surface area contributed by atoms with Crippen molar-refractivity contribution in [3.05, 3.63) is 82.3 Å². The summed E-state index contributed by atoms with van der Waals surface area (Å²) in [4.78, 5) is 17.5. The lowest BCUT2D eigenvalue weighted by atomic mass is 10.0. The number of amides is 1. The Morgan fingerprint density at radius 3 is 2.59 bits per heavy atom. The Morgan fingerprint density at radius 2 is 1.79 bits per heavy atom. The summed E-state index contributed by atoms with van der Waals surface area (Å²) in [6.45, 7) is 9.03. The molecule has 0 bridgehead atoms. The van der Waals surface area contributed by atoms with Crippen LogP contribution in [0, 0.1) is 0 Å². The number of ether oxygens (including phenoxy) is 1. The summed E-state index contributed by atoms with van der Waals surface area (Å²) in [6.07, 6.45) is 2.99. The van der Waals surface area contributed by atoms with E-state index in [-0.39, 0.29) is 12.1 Å². The van der Waals surface area contributed by atoms with Gasteiger partial charge >= 0.3 is 6.09 Å². The van der Waals surface area contributed by atoms with Gasteiger partial charge in [-0.2, -0.15) is 0 Å². The molecule has 4 nitrogen and oxygen atoms in total. The van der Waals surface area contributed by atoms with Crippen molar-refractivity contribution in [2.75, 3.05) is 13.1 Å². The Kier molecular flexibility index (Phi) is 7.95. The van der Waals surface area contributed by atoms with Crippen LogP contribution in [0.5, 0.6) is 0 Å². The fourth-order valence-corrected chi connectivity index (χ4v) is 5.25. The van der Waals surface area contributed by atoms with Gasteiger partial charge in [0.05, 0.1) is 0 Å². The molecule has 1 unspecified atom stereocenters. The third kappa shape index (κ3) is 6.61. The SMILES string of the molecule is CC(C)(C)OC(=O)N1CCCCC1CN(Cc1cccc(Br)c1)Cc1cccc2ccccc12. The number of piperidine rings is 1. The molecule has 180 valence electrons. The summed E-state index contributed by atoms with van der Waals surface area (Å²) in [7, 11) is 0. The Morgan fingerprint density at radius 1 is 1.03 bits per heavy atom. The quantitative estimate of drug-likeness (QED) is 0.338. The van der Waals surface area contributed by atoms with E-state index in [1.165, 1.54) is 21.9 Å². The predicted octanol–water partition coefficient (Wildman–Crippen LogP) is 7.39. The van der Waals surface area contributed by atoms with E-state index in [2.05, 4.69) is 87.6 Å². The Bertz CT molecular complexity index is 1120. The van der Waals surface area contributed by atoms with E-state index in [1.54, 1.807) is 0 Å². The molecular weight excluding hydrogens is 488 g/mol. The van der Waals surface area contributed by atoms with E-state index in [4.69, 9.17) is 4.74 Å². The topological polar surface area (TPSA) is 32.8 Å². The number of fused-ring (bicyclic) bond motifs is 1. The second kappa shape index (κ2) is 10.9. The van der Waals surface area contributed by atoms with Gasteiger partial charge in [0.25, 0.3) is 0 Å². The zero-order chi connectivity index (χ0) is 24.1. The lowest BCUT2D eigenvalue weighted by Crippen LogP contribution is -2.50. The van der Waals surface area contributed by atoms with Crippen LogP contribution in [-0.2, 0) is 17.8 Å². The molecule has 0 aromatic heterocycles. The molecule has 1 amide bonds. The van der Waals surface area contributed by atoms with Gasteiger partial charge in [0.1, 0.15) is 5.60 Å². The number of carbonyl (C=O) groups excluding carboxylic acids is 1. The van der Waals surface area contributed by atoms with Gasteiger partial charge in [0.2, 0.25) is 0 Å². The fourth-order valence-electron chi connectivity index (χ4n) is 4.80. The number of hydrogen-bond acceptors (Lipinski definition) is 3. The molecule has 5 heteroatoms. The molecule has 1 atom stereocenters. The molecule has 0 spiro atoms. The summed E-state index contributed by atoms with van der Waals surface area (Å²) >= 11 is 3.62. The van der Waals surface area contributed by atoms with Gasteiger partial charge in [-0.3, -0.25) is 4.90 Å². The normalized spacial score (nSPS) is 16.7. The minimum Gasteiger partial charge on any atom is -0.444 e. The molecule has 0 saturated carbocycles. The minimum absolute atomic E-state index is 0.144. The Balaban J connectivity index is 1.59. The Hall–Kier alpha value is -2.37. The maximum atomic E-state index is 13.0. The maximum absolute atomic E-state index is 13.0. The van der Waals surface area contributed by atoms with Gasteiger partial charge in [0, 0.05) is 36.7 Å². The minimum atomic E-state index is -0.488. The smallest absolute Gasteiger partial charge is 0.410 e. The van der Waals surface area contributed by atoms with Crippen LogP contribution in [0.2, 0.25) is 0 Å². The van der Waals surface area contributed by atoms with E-state index in [0.29, 0.717) is 0 Å². The monoisotopic (exact) mass is 522 g/mol. The van der Waals surface area contributed by atoms with Crippen molar-refractivity contribution < 1.29 is 9.53 Å². The molecule has 0 aliphatic carbocycles. The third-order valence-electron chi connectivity index (χ3n) is 6.29. The van der Waals surface area contributed by atoms with Crippen molar-refractivity contribution >= 4 is 32.8 Å². The van der Waals surface area contributed by atoms with Gasteiger partial charge in [-0.25, -0.2) is 4.79 Å². The highest BCUT2D eigenvalue weighted by atomic mass is 79.9. The van der Waals surface area contributed by atoms with Gasteiger partial charge in [0.15, 0.2) is 0 Å². The zero-order valence-electron chi connectivity index (χ0n) is 20.5. The molecule has 34 heavy (non-hydrogen) atoms. The van der Waals surface area contributed by atoms with Crippen molar-refractivity contribution in [2.45, 2.75) is 64.8 Å². The fraction of sp³-hybridized carbons (Fsp3) is 0.414. The van der Waals surface area contributed by atoms with Crippen LogP contribution in [0.15, 0.2) is 71.2 Å². The highest BCUT2D eigenvalue weighted by Gasteiger charge is 2.31. The van der Waals surface area contributed by atoms with E-state index in [9.17, 15) is 4.79 Å². The summed E-state index contributed by atoms with van der Waals surface area (Å²) in [5.41, 5.74) is 2.08. The lowest BCUT2D eigenvalue weighted by Gasteiger charge is -2.39. The molecule has 1 fully saturated rings. The van der Waals surface area contributed by atoms with Crippen LogP contribution in [0.1, 0.15) is 51.2 Å². The second-order valence-corrected chi connectivity index (χ2v) is 11.2. The van der Waals surface area contributed by atoms with Gasteiger partial charge < -0.3 is 9.64 Å². The van der Waals surface area contributed by atoms with E-state index < -0.39 is 5.60 Å². The number of hydrogen-bond donors (Lipinski definition) is 0. The highest BCUT2D eigenvalue weighted by molar-refractivity contribution is 9.10. The molecule has 1 aliphatic heterocycles. The van der Waals surface area contributed by atoms with Crippen LogP contribution < -0.4 is 0 Å². The van der Waals surface area contributed by atoms with Crippen LogP contribution in [0.25, 0.3) is 10.8 Å². The summed E-state index contributed by atoms with van der Waals surface area (Å²) in [5, 5.41) is 2.55. The molecule has 1 heterocycles. The van der Waals surface area contributed by atoms with Crippen molar-refractivity contribution in [1.82, 2.24) is 9.80 Å². The van der Waals surface area contributed by atoms with Crippen LogP contribution in [0.3, 0.4) is 0 Å². The predicted molar refractivity (Wildman–Crippen MR) is 143 cm³/mol. The van der Waals surface area contributed by atoms with Crippen molar-refractivity contribution in [1.29, 1.82) is 0 Å². The second-order valence-electron chi connectivity index (χ2n) is 10.3. The first-order valence-electron chi connectivity index (χ1n) is 12.2. The number of rotatable bonds is 6.